The van der Waals surface area contributed by atoms with Crippen molar-refractivity contribution in [2.24, 2.45) is 0 Å². The molecule has 6 heteroatoms. The third-order valence-electron chi connectivity index (χ3n) is 6.62. The molecule has 1 saturated carbocycles. The molecule has 1 N–H and O–H groups in total. The van der Waals surface area contributed by atoms with Gasteiger partial charge in [0.05, 0.1) is 4.90 Å². The van der Waals surface area contributed by atoms with Gasteiger partial charge in [-0.3, -0.25) is 4.79 Å². The number of benzene rings is 1. The fourth-order valence-electron chi connectivity index (χ4n) is 5.73. The number of nitrogens with zero attached hydrogens (tertiary/aromatic N) is 1. The van der Waals surface area contributed by atoms with Crippen LogP contribution in [0.15, 0.2) is 41.8 Å². The van der Waals surface area contributed by atoms with E-state index in [4.69, 9.17) is 0 Å². The van der Waals surface area contributed by atoms with Crippen LogP contribution in [0.2, 0.25) is 0 Å². The van der Waals surface area contributed by atoms with Crippen molar-refractivity contribution in [2.45, 2.75) is 101 Å². The van der Waals surface area contributed by atoms with E-state index < -0.39 is 21.1 Å². The molecule has 1 heterocycles. The summed E-state index contributed by atoms with van der Waals surface area (Å²) < 4.78 is 29.1. The molecule has 0 unspecified atom stereocenters. The second-order valence-corrected chi connectivity index (χ2v) is 11.9. The Hall–Kier alpha value is -1.66. The molecule has 1 aliphatic heterocycles. The van der Waals surface area contributed by atoms with Crippen LogP contribution in [0.5, 0.6) is 0 Å². The van der Waals surface area contributed by atoms with Crippen LogP contribution in [-0.2, 0) is 14.8 Å². The molecule has 0 bridgehead atoms. The van der Waals surface area contributed by atoms with Gasteiger partial charge < -0.3 is 5.32 Å². The smallest absolute Gasteiger partial charge is 0.244 e. The number of hydrogen-bond donors (Lipinski definition) is 1. The SMILES string of the molecule is C=CC(=O)NC1CC(C)(C)N(S(=O)(=O)c2ccc(C3CCCCC3)cc2)C(C)(C)C1. The Morgan fingerprint density at radius 1 is 1.03 bits per heavy atom. The molecule has 1 aromatic rings. The molecule has 1 saturated heterocycles. The molecule has 0 radical (unpaired) electrons. The third-order valence-corrected chi connectivity index (χ3v) is 8.96. The Morgan fingerprint density at radius 3 is 2.07 bits per heavy atom. The van der Waals surface area contributed by atoms with Gasteiger partial charge in [0.1, 0.15) is 0 Å². The van der Waals surface area contributed by atoms with Crippen molar-refractivity contribution < 1.29 is 13.2 Å². The molecular weight excluding hydrogens is 396 g/mol. The van der Waals surface area contributed by atoms with Crippen molar-refractivity contribution in [1.82, 2.24) is 9.62 Å². The number of sulfonamides is 1. The van der Waals surface area contributed by atoms with Crippen molar-refractivity contribution >= 4 is 15.9 Å². The van der Waals surface area contributed by atoms with E-state index in [9.17, 15) is 13.2 Å². The first-order valence-corrected chi connectivity index (χ1v) is 12.5. The maximum Gasteiger partial charge on any atom is 0.244 e. The van der Waals surface area contributed by atoms with E-state index in [-0.39, 0.29) is 11.9 Å². The van der Waals surface area contributed by atoms with Crippen LogP contribution in [0.1, 0.15) is 84.1 Å². The molecule has 2 fully saturated rings. The zero-order valence-electron chi connectivity index (χ0n) is 18.8. The van der Waals surface area contributed by atoms with Crippen molar-refractivity contribution in [3.8, 4) is 0 Å². The predicted molar refractivity (Wildman–Crippen MR) is 121 cm³/mol. The normalized spacial score (nSPS) is 23.1. The first-order valence-electron chi connectivity index (χ1n) is 11.1. The molecule has 2 aliphatic rings. The van der Waals surface area contributed by atoms with Gasteiger partial charge in [0.25, 0.3) is 0 Å². The van der Waals surface area contributed by atoms with Gasteiger partial charge in [-0.15, -0.1) is 0 Å². The van der Waals surface area contributed by atoms with E-state index in [0.29, 0.717) is 23.7 Å². The van der Waals surface area contributed by atoms with E-state index in [1.54, 1.807) is 16.4 Å². The monoisotopic (exact) mass is 432 g/mol. The molecule has 5 nitrogen and oxygen atoms in total. The highest BCUT2D eigenvalue weighted by molar-refractivity contribution is 7.89. The lowest BCUT2D eigenvalue weighted by Crippen LogP contribution is -2.65. The minimum absolute atomic E-state index is 0.0966. The maximum absolute atomic E-state index is 13.7. The van der Waals surface area contributed by atoms with Gasteiger partial charge in [-0.05, 0) is 83.1 Å². The molecule has 166 valence electrons. The minimum atomic E-state index is -3.68. The average molecular weight is 433 g/mol. The number of carbonyl (C=O) groups excluding carboxylic acids is 1. The zero-order valence-corrected chi connectivity index (χ0v) is 19.6. The van der Waals surface area contributed by atoms with Crippen LogP contribution in [0.25, 0.3) is 0 Å². The summed E-state index contributed by atoms with van der Waals surface area (Å²) in [5.74, 6) is 0.328. The fraction of sp³-hybridized carbons (Fsp3) is 0.625. The molecule has 0 spiro atoms. The van der Waals surface area contributed by atoms with Crippen molar-refractivity contribution in [3.63, 3.8) is 0 Å². The van der Waals surface area contributed by atoms with Gasteiger partial charge in [0.2, 0.25) is 15.9 Å². The van der Waals surface area contributed by atoms with Gasteiger partial charge in [0, 0.05) is 17.1 Å². The van der Waals surface area contributed by atoms with E-state index in [2.05, 4.69) is 11.9 Å². The summed E-state index contributed by atoms with van der Waals surface area (Å²) in [6.45, 7) is 11.3. The Bertz CT molecular complexity index is 864. The van der Waals surface area contributed by atoms with Crippen LogP contribution >= 0.6 is 0 Å². The molecule has 3 rings (SSSR count). The summed E-state index contributed by atoms with van der Waals surface area (Å²) in [4.78, 5) is 12.1. The Balaban J connectivity index is 1.87. The van der Waals surface area contributed by atoms with Crippen LogP contribution in [0.3, 0.4) is 0 Å². The first kappa shape index (κ1) is 23.0. The van der Waals surface area contributed by atoms with Gasteiger partial charge in [-0.25, -0.2) is 8.42 Å². The lowest BCUT2D eigenvalue weighted by Gasteiger charge is -2.53. The zero-order chi connectivity index (χ0) is 22.2. The summed E-state index contributed by atoms with van der Waals surface area (Å²) in [5.41, 5.74) is -0.0262. The molecular formula is C24H36N2O3S. The second-order valence-electron chi connectivity index (χ2n) is 10.1. The molecule has 1 aromatic carbocycles. The largest absolute Gasteiger partial charge is 0.350 e. The molecule has 0 atom stereocenters. The van der Waals surface area contributed by atoms with Gasteiger partial charge >= 0.3 is 0 Å². The Kier molecular flexibility index (Phi) is 6.49. The molecule has 1 aliphatic carbocycles. The third kappa shape index (κ3) is 4.65. The summed E-state index contributed by atoms with van der Waals surface area (Å²) in [6.07, 6.45) is 8.55. The Labute approximate surface area is 182 Å². The number of nitrogens with one attached hydrogen (secondary N) is 1. The lowest BCUT2D eigenvalue weighted by molar-refractivity contribution is -0.118. The van der Waals surface area contributed by atoms with Gasteiger partial charge in [-0.1, -0.05) is 38.0 Å². The predicted octanol–water partition coefficient (Wildman–Crippen LogP) is 4.75. The standard InChI is InChI=1S/C24H36N2O3S/c1-6-22(27)25-20-16-23(2,3)26(24(4,5)17-20)30(28,29)21-14-12-19(13-15-21)18-10-8-7-9-11-18/h6,12-15,18,20H,1,7-11,16-17H2,2-5H3,(H,25,27). The van der Waals surface area contributed by atoms with Crippen LogP contribution in [-0.4, -0.2) is 35.7 Å². The lowest BCUT2D eigenvalue weighted by atomic mass is 9.79. The molecule has 30 heavy (non-hydrogen) atoms. The van der Waals surface area contributed by atoms with Crippen LogP contribution in [0.4, 0.5) is 0 Å². The van der Waals surface area contributed by atoms with E-state index >= 15 is 0 Å². The summed E-state index contributed by atoms with van der Waals surface area (Å²) in [6, 6.07) is 7.45. The number of hydrogen-bond acceptors (Lipinski definition) is 3. The highest BCUT2D eigenvalue weighted by Crippen LogP contribution is 2.43. The summed E-state index contributed by atoms with van der Waals surface area (Å²) >= 11 is 0. The summed E-state index contributed by atoms with van der Waals surface area (Å²) in [5, 5.41) is 2.96. The second kappa shape index (κ2) is 8.46. The minimum Gasteiger partial charge on any atom is -0.350 e. The van der Waals surface area contributed by atoms with Gasteiger partial charge in [-0.2, -0.15) is 4.31 Å². The molecule has 1 amide bonds. The van der Waals surface area contributed by atoms with E-state index in [0.717, 1.165) is 0 Å². The highest BCUT2D eigenvalue weighted by Gasteiger charge is 2.51. The first-order chi connectivity index (χ1) is 14.0. The summed E-state index contributed by atoms with van der Waals surface area (Å²) in [7, 11) is -3.68. The fourth-order valence-corrected chi connectivity index (χ4v) is 7.87. The van der Waals surface area contributed by atoms with Crippen LogP contribution < -0.4 is 5.32 Å². The number of amides is 1. The average Bonchev–Trinajstić information content (AvgIpc) is 2.66. The topological polar surface area (TPSA) is 66.5 Å². The highest BCUT2D eigenvalue weighted by atomic mass is 32.2. The molecule has 0 aromatic heterocycles. The van der Waals surface area contributed by atoms with Crippen molar-refractivity contribution in [2.75, 3.05) is 0 Å². The van der Waals surface area contributed by atoms with Gasteiger partial charge in [0.15, 0.2) is 0 Å². The number of carbonyl (C=O) groups is 1. The number of piperidine rings is 1. The maximum atomic E-state index is 13.7. The van der Waals surface area contributed by atoms with E-state index in [1.165, 1.54) is 43.7 Å². The number of rotatable bonds is 5. The van der Waals surface area contributed by atoms with Crippen LogP contribution in [0, 0.1) is 0 Å². The van der Waals surface area contributed by atoms with Crippen molar-refractivity contribution in [3.05, 3.63) is 42.5 Å². The quantitative estimate of drug-likeness (QED) is 0.683. The Morgan fingerprint density at radius 2 is 1.57 bits per heavy atom. The van der Waals surface area contributed by atoms with Crippen molar-refractivity contribution in [1.29, 1.82) is 0 Å². The van der Waals surface area contributed by atoms with E-state index in [1.807, 2.05) is 39.8 Å².